The number of H-pyrrole nitrogens is 1. The molecule has 0 spiro atoms. The highest BCUT2D eigenvalue weighted by Crippen LogP contribution is 2.29. The van der Waals surface area contributed by atoms with Crippen molar-refractivity contribution in [2.24, 2.45) is 0 Å². The van der Waals surface area contributed by atoms with E-state index in [0.29, 0.717) is 25.2 Å². The molecule has 2 fully saturated rings. The number of rotatable bonds is 4. The molecule has 4 rings (SSSR count). The maximum atomic E-state index is 13.0. The lowest BCUT2D eigenvalue weighted by Gasteiger charge is -2.43. The second kappa shape index (κ2) is 6.79. The lowest BCUT2D eigenvalue weighted by Crippen LogP contribution is -2.60. The van der Waals surface area contributed by atoms with Crippen molar-refractivity contribution in [3.63, 3.8) is 0 Å². The van der Waals surface area contributed by atoms with Gasteiger partial charge in [0.2, 0.25) is 0 Å². The number of nitrogens with one attached hydrogen (secondary N) is 1. The number of thiophene rings is 1. The summed E-state index contributed by atoms with van der Waals surface area (Å²) >= 11 is 1.58. The number of amides is 1. The van der Waals surface area contributed by atoms with Crippen LogP contribution in [0.25, 0.3) is 0 Å². The molecule has 140 valence electrons. The van der Waals surface area contributed by atoms with Gasteiger partial charge >= 0.3 is 0 Å². The van der Waals surface area contributed by atoms with Gasteiger partial charge in [-0.2, -0.15) is 0 Å². The molecule has 2 saturated heterocycles. The zero-order valence-electron chi connectivity index (χ0n) is 14.6. The minimum Gasteiger partial charge on any atom is -0.348 e. The van der Waals surface area contributed by atoms with Gasteiger partial charge in [0.05, 0.1) is 29.7 Å². The number of aromatic nitrogens is 2. The van der Waals surface area contributed by atoms with Gasteiger partial charge in [0, 0.05) is 41.8 Å². The Morgan fingerprint density at radius 3 is 2.85 bits per heavy atom. The first kappa shape index (κ1) is 17.7. The monoisotopic (exact) mass is 394 g/mol. The van der Waals surface area contributed by atoms with Crippen LogP contribution in [0.5, 0.6) is 0 Å². The van der Waals surface area contributed by atoms with E-state index in [2.05, 4.69) is 21.8 Å². The maximum Gasteiger partial charge on any atom is 0.255 e. The third kappa shape index (κ3) is 3.30. The van der Waals surface area contributed by atoms with Crippen LogP contribution in [0.3, 0.4) is 0 Å². The zero-order valence-corrected chi connectivity index (χ0v) is 16.2. The van der Waals surface area contributed by atoms with Crippen LogP contribution in [0, 0.1) is 0 Å². The molecular formula is C17H22N4O3S2. The van der Waals surface area contributed by atoms with E-state index in [4.69, 9.17) is 0 Å². The van der Waals surface area contributed by atoms with Gasteiger partial charge in [0.1, 0.15) is 5.82 Å². The molecule has 1 amide bonds. The quantitative estimate of drug-likeness (QED) is 0.841. The number of nitrogens with zero attached hydrogens (tertiary/aromatic N) is 3. The Morgan fingerprint density at radius 2 is 2.15 bits per heavy atom. The Balaban J connectivity index is 1.57. The summed E-state index contributed by atoms with van der Waals surface area (Å²) in [5, 5.41) is 1.88. The van der Waals surface area contributed by atoms with Crippen molar-refractivity contribution in [3.05, 3.63) is 40.1 Å². The van der Waals surface area contributed by atoms with Crippen LogP contribution in [-0.4, -0.2) is 70.8 Å². The van der Waals surface area contributed by atoms with Gasteiger partial charge in [-0.25, -0.2) is 13.4 Å². The normalized spacial score (nSPS) is 25.3. The largest absolute Gasteiger partial charge is 0.348 e. The molecule has 4 heterocycles. The van der Waals surface area contributed by atoms with E-state index in [0.717, 1.165) is 12.2 Å². The average Bonchev–Trinajstić information content (AvgIpc) is 3.33. The van der Waals surface area contributed by atoms with Crippen LogP contribution in [-0.2, 0) is 22.8 Å². The van der Waals surface area contributed by atoms with E-state index < -0.39 is 9.84 Å². The van der Waals surface area contributed by atoms with Gasteiger partial charge in [-0.3, -0.25) is 9.69 Å². The van der Waals surface area contributed by atoms with E-state index in [-0.39, 0.29) is 29.5 Å². The van der Waals surface area contributed by atoms with Crippen molar-refractivity contribution in [2.75, 3.05) is 24.6 Å². The molecular weight excluding hydrogens is 372 g/mol. The molecule has 2 aliphatic rings. The van der Waals surface area contributed by atoms with Crippen LogP contribution < -0.4 is 0 Å². The molecule has 7 nitrogen and oxygen atoms in total. The Morgan fingerprint density at radius 1 is 1.35 bits per heavy atom. The van der Waals surface area contributed by atoms with Crippen molar-refractivity contribution in [2.45, 2.75) is 32.0 Å². The fourth-order valence-electron chi connectivity index (χ4n) is 3.89. The Bertz CT molecular complexity index is 891. The average molecular weight is 395 g/mol. The van der Waals surface area contributed by atoms with Crippen LogP contribution >= 0.6 is 11.3 Å². The number of carbonyl (C=O) groups is 1. The van der Waals surface area contributed by atoms with Crippen molar-refractivity contribution in [1.82, 2.24) is 19.8 Å². The number of sulfone groups is 1. The summed E-state index contributed by atoms with van der Waals surface area (Å²) in [5.74, 6) is 0.915. The number of hydrogen-bond acceptors (Lipinski definition) is 6. The minimum absolute atomic E-state index is 0.0445. The maximum absolute atomic E-state index is 13.0. The summed E-state index contributed by atoms with van der Waals surface area (Å²) < 4.78 is 24.6. The second-order valence-corrected chi connectivity index (χ2v) is 10.0. The fourth-order valence-corrected chi connectivity index (χ4v) is 6.71. The molecule has 0 aromatic carbocycles. The summed E-state index contributed by atoms with van der Waals surface area (Å²) in [6, 6.07) is 1.47. The van der Waals surface area contributed by atoms with Gasteiger partial charge < -0.3 is 9.88 Å². The molecule has 2 aromatic rings. The number of hydrogen-bond donors (Lipinski definition) is 1. The van der Waals surface area contributed by atoms with Crippen LogP contribution in [0.2, 0.25) is 0 Å². The summed E-state index contributed by atoms with van der Waals surface area (Å²) in [4.78, 5) is 25.4. The zero-order chi connectivity index (χ0) is 18.3. The highest BCUT2D eigenvalue weighted by atomic mass is 32.2. The molecule has 0 aliphatic carbocycles. The van der Waals surface area contributed by atoms with Gasteiger partial charge in [0.25, 0.3) is 5.91 Å². The molecule has 0 saturated carbocycles. The fraction of sp³-hybridized carbons (Fsp3) is 0.529. The van der Waals surface area contributed by atoms with Crippen LogP contribution in [0.1, 0.15) is 28.0 Å². The molecule has 0 radical (unpaired) electrons. The lowest BCUT2D eigenvalue weighted by atomic mass is 10.0. The predicted molar refractivity (Wildman–Crippen MR) is 100.0 cm³/mol. The molecule has 26 heavy (non-hydrogen) atoms. The highest BCUT2D eigenvalue weighted by Gasteiger charge is 2.48. The second-order valence-electron chi connectivity index (χ2n) is 6.87. The summed E-state index contributed by atoms with van der Waals surface area (Å²) in [6.07, 6.45) is 4.36. The molecule has 1 N–H and O–H groups in total. The van der Waals surface area contributed by atoms with Gasteiger partial charge in [-0.05, 0) is 12.5 Å². The first-order valence-electron chi connectivity index (χ1n) is 8.78. The molecule has 9 heteroatoms. The number of piperazine rings is 1. The topological polar surface area (TPSA) is 86.4 Å². The minimum atomic E-state index is -3.15. The third-order valence-corrected chi connectivity index (χ3v) is 7.99. The summed E-state index contributed by atoms with van der Waals surface area (Å²) in [7, 11) is -3.15. The van der Waals surface area contributed by atoms with Crippen molar-refractivity contribution in [1.29, 1.82) is 0 Å². The van der Waals surface area contributed by atoms with Crippen LogP contribution in [0.4, 0.5) is 0 Å². The van der Waals surface area contributed by atoms with E-state index in [1.165, 1.54) is 4.88 Å². The summed E-state index contributed by atoms with van der Waals surface area (Å²) in [6.45, 7) is 3.82. The Kier molecular flexibility index (Phi) is 4.62. The SMILES string of the molecule is CCc1cc(C(=O)N2CCN(Cc3ncc[nH]3)[C@@H]3CS(=O)(=O)C[C@@H]32)cs1. The molecule has 2 aromatic heterocycles. The Hall–Kier alpha value is -1.71. The molecule has 2 atom stereocenters. The highest BCUT2D eigenvalue weighted by molar-refractivity contribution is 7.91. The van der Waals surface area contributed by atoms with Gasteiger partial charge in [-0.15, -0.1) is 11.3 Å². The molecule has 0 bridgehead atoms. The molecule has 0 unspecified atom stereocenters. The number of carbonyl (C=O) groups excluding carboxylic acids is 1. The number of aryl methyl sites for hydroxylation is 1. The van der Waals surface area contributed by atoms with E-state index >= 15 is 0 Å². The summed E-state index contributed by atoms with van der Waals surface area (Å²) in [5.41, 5.74) is 0.675. The molecule has 2 aliphatic heterocycles. The van der Waals surface area contributed by atoms with E-state index in [1.807, 2.05) is 11.4 Å². The first-order valence-corrected chi connectivity index (χ1v) is 11.5. The van der Waals surface area contributed by atoms with Crippen molar-refractivity contribution in [3.8, 4) is 0 Å². The van der Waals surface area contributed by atoms with Crippen molar-refractivity contribution >= 4 is 27.1 Å². The number of fused-ring (bicyclic) bond motifs is 1. The predicted octanol–water partition coefficient (Wildman–Crippen LogP) is 1.16. The first-order chi connectivity index (χ1) is 12.5. The smallest absolute Gasteiger partial charge is 0.255 e. The Labute approximate surface area is 157 Å². The number of aromatic amines is 1. The standard InChI is InChI=1S/C17H22N4O3S2/c1-2-13-7-12(9-25-13)17(22)21-6-5-20(8-16-18-3-4-19-16)14-10-26(23,24)11-15(14)21/h3-4,7,9,14-15H,2,5-6,8,10-11H2,1H3,(H,18,19)/t14-,15+/m1/s1. The van der Waals surface area contributed by atoms with Gasteiger partial charge in [-0.1, -0.05) is 6.92 Å². The van der Waals surface area contributed by atoms with E-state index in [1.54, 1.807) is 28.6 Å². The van der Waals surface area contributed by atoms with Crippen molar-refractivity contribution < 1.29 is 13.2 Å². The third-order valence-electron chi connectivity index (χ3n) is 5.21. The van der Waals surface area contributed by atoms with Crippen LogP contribution in [0.15, 0.2) is 23.8 Å². The lowest BCUT2D eigenvalue weighted by molar-refractivity contribution is 0.0299. The van der Waals surface area contributed by atoms with E-state index in [9.17, 15) is 13.2 Å². The van der Waals surface area contributed by atoms with Gasteiger partial charge in [0.15, 0.2) is 9.84 Å². The number of imidazole rings is 1.